The normalized spacial score (nSPS) is 14.9. The smallest absolute Gasteiger partial charge is 0.226 e. The van der Waals surface area contributed by atoms with E-state index < -0.39 is 0 Å². The minimum absolute atomic E-state index is 0.460. The van der Waals surface area contributed by atoms with Crippen molar-refractivity contribution in [2.75, 3.05) is 32.2 Å². The summed E-state index contributed by atoms with van der Waals surface area (Å²) in [5.74, 6) is 2.58. The second-order valence-corrected chi connectivity index (χ2v) is 7.95. The van der Waals surface area contributed by atoms with E-state index in [0.29, 0.717) is 6.04 Å². The van der Waals surface area contributed by atoms with E-state index in [-0.39, 0.29) is 0 Å². The van der Waals surface area contributed by atoms with Gasteiger partial charge in [-0.2, -0.15) is 0 Å². The number of aromatic nitrogens is 2. The van der Waals surface area contributed by atoms with Gasteiger partial charge in [-0.3, -0.25) is 0 Å². The van der Waals surface area contributed by atoms with Gasteiger partial charge >= 0.3 is 0 Å². The quantitative estimate of drug-likeness (QED) is 0.667. The van der Waals surface area contributed by atoms with E-state index in [1.165, 1.54) is 5.56 Å². The molecule has 2 aromatic carbocycles. The summed E-state index contributed by atoms with van der Waals surface area (Å²) in [7, 11) is 3.39. The molecule has 4 rings (SSSR count). The van der Waals surface area contributed by atoms with Crippen molar-refractivity contribution in [2.24, 2.45) is 0 Å². The highest BCUT2D eigenvalue weighted by atomic mass is 16.5. The molecule has 0 spiro atoms. The summed E-state index contributed by atoms with van der Waals surface area (Å²) in [5.41, 5.74) is 4.42. The Morgan fingerprint density at radius 1 is 1.00 bits per heavy atom. The monoisotopic (exact) mass is 406 g/mol. The fourth-order valence-electron chi connectivity index (χ4n) is 4.08. The molecule has 3 aromatic rings. The molecule has 0 radical (unpaired) electrons. The number of aryl methyl sites for hydroxylation is 2. The van der Waals surface area contributed by atoms with Crippen LogP contribution < -0.4 is 19.7 Å². The van der Waals surface area contributed by atoms with Crippen molar-refractivity contribution in [1.82, 2.24) is 15.3 Å². The van der Waals surface area contributed by atoms with E-state index in [1.807, 2.05) is 18.2 Å². The number of piperidine rings is 1. The Morgan fingerprint density at radius 2 is 1.80 bits per heavy atom. The molecule has 0 amide bonds. The van der Waals surface area contributed by atoms with E-state index in [2.05, 4.69) is 42.3 Å². The highest BCUT2D eigenvalue weighted by molar-refractivity contribution is 5.82. The molecule has 1 aliphatic heterocycles. The van der Waals surface area contributed by atoms with Gasteiger partial charge in [0.15, 0.2) is 0 Å². The van der Waals surface area contributed by atoms with Crippen LogP contribution in [0, 0.1) is 13.8 Å². The standard InChI is InChI=1S/C24H30N4O2/c1-16-5-7-22-21(13-16)17(2)26-24(27-22)28-11-9-19(10-12-28)25-15-18-14-20(29-3)6-8-23(18)30-4/h5-8,13-14,19,25H,9-12,15H2,1-4H3. The maximum absolute atomic E-state index is 5.49. The number of benzene rings is 2. The second-order valence-electron chi connectivity index (χ2n) is 7.95. The minimum atomic E-state index is 0.460. The van der Waals surface area contributed by atoms with Crippen molar-refractivity contribution >= 4 is 16.9 Å². The lowest BCUT2D eigenvalue weighted by atomic mass is 10.0. The zero-order valence-electron chi connectivity index (χ0n) is 18.2. The van der Waals surface area contributed by atoms with E-state index >= 15 is 0 Å². The lowest BCUT2D eigenvalue weighted by molar-refractivity contribution is 0.384. The van der Waals surface area contributed by atoms with Crippen LogP contribution in [0.5, 0.6) is 11.5 Å². The number of ether oxygens (including phenoxy) is 2. The average molecular weight is 407 g/mol. The maximum atomic E-state index is 5.49. The summed E-state index contributed by atoms with van der Waals surface area (Å²) in [6.07, 6.45) is 2.11. The number of fused-ring (bicyclic) bond motifs is 1. The van der Waals surface area contributed by atoms with E-state index in [1.54, 1.807) is 14.2 Å². The third kappa shape index (κ3) is 4.33. The highest BCUT2D eigenvalue weighted by Crippen LogP contribution is 2.25. The number of nitrogens with one attached hydrogen (secondary N) is 1. The third-order valence-electron chi connectivity index (χ3n) is 5.88. The zero-order valence-corrected chi connectivity index (χ0v) is 18.2. The molecular weight excluding hydrogens is 376 g/mol. The minimum Gasteiger partial charge on any atom is -0.497 e. The Balaban J connectivity index is 1.39. The first kappa shape index (κ1) is 20.4. The zero-order chi connectivity index (χ0) is 21.1. The van der Waals surface area contributed by atoms with Crippen LogP contribution in [0.3, 0.4) is 0 Å². The van der Waals surface area contributed by atoms with Crippen molar-refractivity contribution in [3.8, 4) is 11.5 Å². The summed E-state index contributed by atoms with van der Waals surface area (Å²) in [4.78, 5) is 11.9. The van der Waals surface area contributed by atoms with Crippen molar-refractivity contribution < 1.29 is 9.47 Å². The Kier molecular flexibility index (Phi) is 6.04. The second kappa shape index (κ2) is 8.88. The van der Waals surface area contributed by atoms with Crippen LogP contribution >= 0.6 is 0 Å². The first-order chi connectivity index (χ1) is 14.6. The van der Waals surface area contributed by atoms with E-state index in [4.69, 9.17) is 19.4 Å². The first-order valence-corrected chi connectivity index (χ1v) is 10.5. The maximum Gasteiger partial charge on any atom is 0.226 e. The Bertz CT molecular complexity index is 1030. The molecular formula is C24H30N4O2. The molecule has 0 unspecified atom stereocenters. The van der Waals surface area contributed by atoms with Crippen LogP contribution in [0.4, 0.5) is 5.95 Å². The summed E-state index contributed by atoms with van der Waals surface area (Å²) in [5, 5.41) is 4.82. The number of hydrogen-bond acceptors (Lipinski definition) is 6. The van der Waals surface area contributed by atoms with E-state index in [0.717, 1.165) is 72.1 Å². The first-order valence-electron chi connectivity index (χ1n) is 10.5. The molecule has 1 N–H and O–H groups in total. The molecule has 6 heteroatoms. The Morgan fingerprint density at radius 3 is 2.53 bits per heavy atom. The van der Waals surface area contributed by atoms with Gasteiger partial charge in [0.05, 0.1) is 25.4 Å². The summed E-state index contributed by atoms with van der Waals surface area (Å²) in [6, 6.07) is 12.8. The van der Waals surface area contributed by atoms with Crippen LogP contribution in [-0.2, 0) is 6.54 Å². The molecule has 0 atom stereocenters. The number of rotatable bonds is 6. The molecule has 1 aliphatic rings. The average Bonchev–Trinajstić information content (AvgIpc) is 2.78. The number of methoxy groups -OCH3 is 2. The molecule has 158 valence electrons. The molecule has 0 saturated carbocycles. The molecule has 1 aromatic heterocycles. The largest absolute Gasteiger partial charge is 0.497 e. The third-order valence-corrected chi connectivity index (χ3v) is 5.88. The highest BCUT2D eigenvalue weighted by Gasteiger charge is 2.22. The number of nitrogens with zero attached hydrogens (tertiary/aromatic N) is 3. The lowest BCUT2D eigenvalue weighted by Gasteiger charge is -2.33. The molecule has 1 fully saturated rings. The van der Waals surface area contributed by atoms with E-state index in [9.17, 15) is 0 Å². The fraction of sp³-hybridized carbons (Fsp3) is 0.417. The van der Waals surface area contributed by atoms with Gasteiger partial charge in [-0.25, -0.2) is 9.97 Å². The van der Waals surface area contributed by atoms with Gasteiger partial charge in [-0.1, -0.05) is 11.6 Å². The van der Waals surface area contributed by atoms with Gasteiger partial charge in [0, 0.05) is 36.6 Å². The number of anilines is 1. The van der Waals surface area contributed by atoms with Crippen LogP contribution in [-0.4, -0.2) is 43.3 Å². The molecule has 0 aliphatic carbocycles. The summed E-state index contributed by atoms with van der Waals surface area (Å²) < 4.78 is 10.8. The van der Waals surface area contributed by atoms with Crippen LogP contribution in [0.25, 0.3) is 10.9 Å². The van der Waals surface area contributed by atoms with Crippen molar-refractivity contribution in [3.63, 3.8) is 0 Å². The molecule has 30 heavy (non-hydrogen) atoms. The van der Waals surface area contributed by atoms with Crippen molar-refractivity contribution in [1.29, 1.82) is 0 Å². The van der Waals surface area contributed by atoms with Crippen molar-refractivity contribution in [2.45, 2.75) is 39.3 Å². The van der Waals surface area contributed by atoms with Crippen molar-refractivity contribution in [3.05, 3.63) is 53.2 Å². The molecule has 0 bridgehead atoms. The Hall–Kier alpha value is -2.86. The topological polar surface area (TPSA) is 59.5 Å². The molecule has 2 heterocycles. The summed E-state index contributed by atoms with van der Waals surface area (Å²) >= 11 is 0. The van der Waals surface area contributed by atoms with Crippen LogP contribution in [0.2, 0.25) is 0 Å². The molecule has 6 nitrogen and oxygen atoms in total. The summed E-state index contributed by atoms with van der Waals surface area (Å²) in [6.45, 7) is 6.83. The van der Waals surface area contributed by atoms with Crippen LogP contribution in [0.1, 0.15) is 29.7 Å². The predicted octanol–water partition coefficient (Wildman–Crippen LogP) is 4.02. The predicted molar refractivity (Wildman–Crippen MR) is 121 cm³/mol. The van der Waals surface area contributed by atoms with Gasteiger partial charge in [0.1, 0.15) is 11.5 Å². The SMILES string of the molecule is COc1ccc(OC)c(CNC2CCN(c3nc(C)c4cc(C)ccc4n3)CC2)c1. The Labute approximate surface area is 178 Å². The van der Waals surface area contributed by atoms with Gasteiger partial charge in [0.2, 0.25) is 5.95 Å². The van der Waals surface area contributed by atoms with Gasteiger partial charge in [-0.15, -0.1) is 0 Å². The lowest BCUT2D eigenvalue weighted by Crippen LogP contribution is -2.43. The van der Waals surface area contributed by atoms with Crippen LogP contribution in [0.15, 0.2) is 36.4 Å². The van der Waals surface area contributed by atoms with Gasteiger partial charge in [-0.05, 0) is 57.0 Å². The number of hydrogen-bond donors (Lipinski definition) is 1. The fourth-order valence-corrected chi connectivity index (χ4v) is 4.08. The van der Waals surface area contributed by atoms with Gasteiger partial charge < -0.3 is 19.7 Å². The van der Waals surface area contributed by atoms with Gasteiger partial charge in [0.25, 0.3) is 0 Å². The molecule has 1 saturated heterocycles.